The summed E-state index contributed by atoms with van der Waals surface area (Å²) in [5.41, 5.74) is -2.29. The third-order valence-electron chi connectivity index (χ3n) is 3.23. The van der Waals surface area contributed by atoms with Crippen molar-refractivity contribution in [3.63, 3.8) is 0 Å². The first-order chi connectivity index (χ1) is 11.0. The number of sulfone groups is 1. The lowest BCUT2D eigenvalue weighted by Crippen LogP contribution is -2.27. The molecule has 0 unspecified atom stereocenters. The van der Waals surface area contributed by atoms with Gasteiger partial charge >= 0.3 is 5.56 Å². The number of hydrogen-bond acceptors (Lipinski definition) is 8. The fourth-order valence-electron chi connectivity index (χ4n) is 2.01. The molecule has 1 aromatic carbocycles. The van der Waals surface area contributed by atoms with Crippen molar-refractivity contribution >= 4 is 15.5 Å². The quantitative estimate of drug-likeness (QED) is 0.486. The van der Waals surface area contributed by atoms with Crippen molar-refractivity contribution in [3.8, 4) is 11.3 Å². The molecule has 0 aliphatic rings. The summed E-state index contributed by atoms with van der Waals surface area (Å²) in [7, 11) is -3.67. The summed E-state index contributed by atoms with van der Waals surface area (Å²) >= 11 is 0. The fraction of sp³-hybridized carbons (Fsp3) is 0.308. The fourth-order valence-corrected chi connectivity index (χ4v) is 2.65. The van der Waals surface area contributed by atoms with Crippen molar-refractivity contribution in [2.75, 3.05) is 6.26 Å². The van der Waals surface area contributed by atoms with Crippen LogP contribution >= 0.6 is 0 Å². The molecule has 0 radical (unpaired) electrons. The molecule has 1 heterocycles. The van der Waals surface area contributed by atoms with Crippen molar-refractivity contribution in [2.24, 2.45) is 0 Å². The van der Waals surface area contributed by atoms with Gasteiger partial charge in [-0.1, -0.05) is 13.8 Å². The number of aromatic nitrogens is 3. The summed E-state index contributed by atoms with van der Waals surface area (Å²) in [6.45, 7) is 3.36. The van der Waals surface area contributed by atoms with Crippen LogP contribution in [0.25, 0.3) is 11.3 Å². The second-order valence-electron chi connectivity index (χ2n) is 5.39. The van der Waals surface area contributed by atoms with Crippen LogP contribution in [0.2, 0.25) is 0 Å². The second kappa shape index (κ2) is 6.00. The zero-order valence-corrected chi connectivity index (χ0v) is 13.8. The Labute approximate surface area is 136 Å². The summed E-state index contributed by atoms with van der Waals surface area (Å²) in [5.74, 6) is -0.300. The normalized spacial score (nSPS) is 11.7. The van der Waals surface area contributed by atoms with E-state index in [4.69, 9.17) is 0 Å². The standard InChI is InChI=1S/C13H14N4O6S/c1-7(2)12-15-14-11(13(18)16(12)19)9-5-4-8(24(3,22)23)6-10(9)17(20)21/h4-7,19H,1-3H3. The molecule has 0 bridgehead atoms. The Balaban J connectivity index is 2.76. The van der Waals surface area contributed by atoms with Crippen LogP contribution in [0.4, 0.5) is 5.69 Å². The highest BCUT2D eigenvalue weighted by Crippen LogP contribution is 2.29. The van der Waals surface area contributed by atoms with Gasteiger partial charge in [-0.05, 0) is 12.1 Å². The van der Waals surface area contributed by atoms with Crippen LogP contribution in [0.1, 0.15) is 25.6 Å². The predicted octanol–water partition coefficient (Wildman–Crippen LogP) is 0.978. The van der Waals surface area contributed by atoms with E-state index in [1.165, 1.54) is 0 Å². The summed E-state index contributed by atoms with van der Waals surface area (Å²) < 4.78 is 23.4. The molecule has 0 aliphatic carbocycles. The minimum absolute atomic E-state index is 0.000779. The van der Waals surface area contributed by atoms with Crippen molar-refractivity contribution in [2.45, 2.75) is 24.7 Å². The zero-order chi connectivity index (χ0) is 18.2. The minimum atomic E-state index is -3.67. The van der Waals surface area contributed by atoms with E-state index in [0.29, 0.717) is 0 Å². The first-order valence-electron chi connectivity index (χ1n) is 6.71. The lowest BCUT2D eigenvalue weighted by molar-refractivity contribution is -0.384. The highest BCUT2D eigenvalue weighted by molar-refractivity contribution is 7.90. The molecule has 0 saturated heterocycles. The van der Waals surface area contributed by atoms with Gasteiger partial charge in [0.1, 0.15) is 0 Å². The predicted molar refractivity (Wildman–Crippen MR) is 82.8 cm³/mol. The molecule has 0 aliphatic heterocycles. The number of nitrogens with zero attached hydrogens (tertiary/aromatic N) is 4. The monoisotopic (exact) mass is 354 g/mol. The molecule has 0 spiro atoms. The minimum Gasteiger partial charge on any atom is -0.424 e. The molecule has 0 saturated carbocycles. The summed E-state index contributed by atoms with van der Waals surface area (Å²) in [5, 5.41) is 28.5. The number of benzene rings is 1. The van der Waals surface area contributed by atoms with Crippen LogP contribution in [-0.2, 0) is 9.84 Å². The molecule has 10 nitrogen and oxygen atoms in total. The van der Waals surface area contributed by atoms with Gasteiger partial charge in [0.15, 0.2) is 21.4 Å². The van der Waals surface area contributed by atoms with Crippen LogP contribution in [0, 0.1) is 10.1 Å². The third-order valence-corrected chi connectivity index (χ3v) is 4.34. The topological polar surface area (TPSA) is 145 Å². The lowest BCUT2D eigenvalue weighted by Gasteiger charge is -2.09. The molecular formula is C13H14N4O6S. The van der Waals surface area contributed by atoms with Crippen molar-refractivity contribution < 1.29 is 18.5 Å². The Kier molecular flexibility index (Phi) is 4.38. The Morgan fingerprint density at radius 2 is 1.92 bits per heavy atom. The molecule has 1 N–H and O–H groups in total. The Hall–Kier alpha value is -2.82. The Morgan fingerprint density at radius 1 is 1.29 bits per heavy atom. The highest BCUT2D eigenvalue weighted by atomic mass is 32.2. The molecule has 11 heteroatoms. The number of hydrogen-bond donors (Lipinski definition) is 1. The van der Waals surface area contributed by atoms with E-state index in [2.05, 4.69) is 10.2 Å². The van der Waals surface area contributed by atoms with Gasteiger partial charge in [0.2, 0.25) is 0 Å². The molecule has 1 aromatic heterocycles. The van der Waals surface area contributed by atoms with E-state index in [0.717, 1.165) is 24.5 Å². The lowest BCUT2D eigenvalue weighted by atomic mass is 10.1. The maximum Gasteiger partial charge on any atom is 0.313 e. The van der Waals surface area contributed by atoms with E-state index in [1.54, 1.807) is 13.8 Å². The van der Waals surface area contributed by atoms with Gasteiger partial charge in [0.05, 0.1) is 15.4 Å². The van der Waals surface area contributed by atoms with E-state index in [9.17, 15) is 28.5 Å². The van der Waals surface area contributed by atoms with Gasteiger partial charge in [-0.15, -0.1) is 14.9 Å². The molecule has 0 amide bonds. The molecule has 128 valence electrons. The van der Waals surface area contributed by atoms with Crippen LogP contribution in [-0.4, -0.2) is 39.7 Å². The maximum absolute atomic E-state index is 12.2. The zero-order valence-electron chi connectivity index (χ0n) is 13.0. The van der Waals surface area contributed by atoms with Crippen LogP contribution in [0.3, 0.4) is 0 Å². The molecule has 0 atom stereocenters. The van der Waals surface area contributed by atoms with Crippen molar-refractivity contribution in [1.82, 2.24) is 14.9 Å². The molecule has 24 heavy (non-hydrogen) atoms. The van der Waals surface area contributed by atoms with Gasteiger partial charge in [0.25, 0.3) is 5.69 Å². The number of nitro benzene ring substituents is 1. The average molecular weight is 354 g/mol. The molecule has 0 fully saturated rings. The SMILES string of the molecule is CC(C)c1nnc(-c2ccc(S(C)(=O)=O)cc2[N+](=O)[O-])c(=O)n1O. The van der Waals surface area contributed by atoms with Gasteiger partial charge in [-0.3, -0.25) is 14.9 Å². The van der Waals surface area contributed by atoms with Gasteiger partial charge < -0.3 is 5.21 Å². The number of nitro groups is 1. The second-order valence-corrected chi connectivity index (χ2v) is 7.40. The summed E-state index contributed by atoms with van der Waals surface area (Å²) in [6, 6.07) is 3.05. The van der Waals surface area contributed by atoms with Crippen LogP contribution in [0.5, 0.6) is 0 Å². The molecular weight excluding hydrogens is 340 g/mol. The first kappa shape index (κ1) is 17.5. The van der Waals surface area contributed by atoms with Crippen LogP contribution < -0.4 is 5.56 Å². The summed E-state index contributed by atoms with van der Waals surface area (Å²) in [6.07, 6.45) is 0.906. The largest absolute Gasteiger partial charge is 0.424 e. The van der Waals surface area contributed by atoms with E-state index in [1.807, 2.05) is 0 Å². The summed E-state index contributed by atoms with van der Waals surface area (Å²) in [4.78, 5) is 22.4. The average Bonchev–Trinajstić information content (AvgIpc) is 2.48. The van der Waals surface area contributed by atoms with Gasteiger partial charge in [-0.2, -0.15) is 0 Å². The van der Waals surface area contributed by atoms with Crippen LogP contribution in [0.15, 0.2) is 27.9 Å². The molecule has 2 aromatic rings. The Bertz CT molecular complexity index is 980. The van der Waals surface area contributed by atoms with E-state index < -0.39 is 31.7 Å². The highest BCUT2D eigenvalue weighted by Gasteiger charge is 2.24. The smallest absolute Gasteiger partial charge is 0.313 e. The van der Waals surface area contributed by atoms with E-state index in [-0.39, 0.29) is 26.9 Å². The molecule has 2 rings (SSSR count). The van der Waals surface area contributed by atoms with Gasteiger partial charge in [-0.25, -0.2) is 8.42 Å². The number of rotatable bonds is 4. The third kappa shape index (κ3) is 3.11. The Morgan fingerprint density at radius 3 is 2.42 bits per heavy atom. The van der Waals surface area contributed by atoms with Gasteiger partial charge in [0, 0.05) is 18.2 Å². The first-order valence-corrected chi connectivity index (χ1v) is 8.61. The maximum atomic E-state index is 12.2. The van der Waals surface area contributed by atoms with Crippen molar-refractivity contribution in [3.05, 3.63) is 44.5 Å². The van der Waals surface area contributed by atoms with E-state index >= 15 is 0 Å². The van der Waals surface area contributed by atoms with Crippen molar-refractivity contribution in [1.29, 1.82) is 0 Å².